The van der Waals surface area contributed by atoms with Crippen molar-refractivity contribution in [1.82, 2.24) is 30.1 Å². The molecule has 1 aromatic carbocycles. The number of aromatic amines is 2. The van der Waals surface area contributed by atoms with Gasteiger partial charge < -0.3 is 10.3 Å². The number of nitrogens with zero attached hydrogens (tertiary/aromatic N) is 4. The van der Waals surface area contributed by atoms with Gasteiger partial charge in [0.15, 0.2) is 11.5 Å². The Balaban J connectivity index is 1.41. The van der Waals surface area contributed by atoms with Gasteiger partial charge in [-0.3, -0.25) is 14.9 Å². The molecular weight excluding hydrogens is 501 g/mol. The van der Waals surface area contributed by atoms with Crippen molar-refractivity contribution in [3.8, 4) is 33.1 Å². The van der Waals surface area contributed by atoms with E-state index in [1.807, 2.05) is 19.9 Å². The Labute approximate surface area is 221 Å². The summed E-state index contributed by atoms with van der Waals surface area (Å²) in [5.74, 6) is 0.221. The summed E-state index contributed by atoms with van der Waals surface area (Å²) in [6.07, 6.45) is 5.26. The van der Waals surface area contributed by atoms with Gasteiger partial charge >= 0.3 is 0 Å². The number of benzene rings is 1. The standard InChI is InChI=1S/C28H24FN7OS/c1-14(2)8-24(37)32-17-9-16(12-30-13-17)19-10-20-22(11-21(19)29)35-36-26(20)28-33-25-18(6-7-31-27(25)34-28)23-5-4-15(3)38-23/h4-7,9-14H,8H2,1-3H3,(H,32,37)(H,35,36)(H,31,33,34). The van der Waals surface area contributed by atoms with Gasteiger partial charge in [-0.1, -0.05) is 13.8 Å². The maximum Gasteiger partial charge on any atom is 0.224 e. The third-order valence-electron chi connectivity index (χ3n) is 6.20. The average molecular weight is 526 g/mol. The first-order valence-corrected chi connectivity index (χ1v) is 13.0. The van der Waals surface area contributed by atoms with Crippen LogP contribution in [0.1, 0.15) is 25.1 Å². The van der Waals surface area contributed by atoms with Crippen molar-refractivity contribution in [3.05, 3.63) is 65.7 Å². The summed E-state index contributed by atoms with van der Waals surface area (Å²) >= 11 is 1.70. The van der Waals surface area contributed by atoms with Crippen molar-refractivity contribution in [2.45, 2.75) is 27.2 Å². The molecule has 5 heterocycles. The number of carbonyl (C=O) groups is 1. The van der Waals surface area contributed by atoms with Crippen LogP contribution in [0.5, 0.6) is 0 Å². The zero-order chi connectivity index (χ0) is 26.4. The van der Waals surface area contributed by atoms with Gasteiger partial charge in [0.25, 0.3) is 0 Å². The number of aryl methyl sites for hydroxylation is 1. The molecule has 10 heteroatoms. The fraction of sp³-hybridized carbons (Fsp3) is 0.179. The largest absolute Gasteiger partial charge is 0.335 e. The third-order valence-corrected chi connectivity index (χ3v) is 7.23. The Bertz CT molecular complexity index is 1820. The lowest BCUT2D eigenvalue weighted by molar-refractivity contribution is -0.116. The van der Waals surface area contributed by atoms with Crippen LogP contribution in [0.4, 0.5) is 10.1 Å². The second-order valence-corrected chi connectivity index (χ2v) is 10.9. The summed E-state index contributed by atoms with van der Waals surface area (Å²) in [5.41, 5.74) is 4.91. The molecule has 6 rings (SSSR count). The van der Waals surface area contributed by atoms with Crippen LogP contribution in [0.25, 0.3) is 55.2 Å². The van der Waals surface area contributed by atoms with Crippen LogP contribution in [0.3, 0.4) is 0 Å². The lowest BCUT2D eigenvalue weighted by atomic mass is 10.0. The van der Waals surface area contributed by atoms with E-state index in [4.69, 9.17) is 4.98 Å². The molecule has 6 aromatic rings. The number of hydrogen-bond acceptors (Lipinski definition) is 6. The Morgan fingerprint density at radius 2 is 2.00 bits per heavy atom. The van der Waals surface area contributed by atoms with Crippen LogP contribution >= 0.6 is 11.3 Å². The number of aromatic nitrogens is 6. The Morgan fingerprint density at radius 3 is 2.79 bits per heavy atom. The molecular formula is C28H24FN7OS. The molecule has 190 valence electrons. The van der Waals surface area contributed by atoms with Crippen molar-refractivity contribution in [2.75, 3.05) is 5.32 Å². The van der Waals surface area contributed by atoms with Crippen LogP contribution in [0.2, 0.25) is 0 Å². The highest BCUT2D eigenvalue weighted by atomic mass is 32.1. The predicted molar refractivity (Wildman–Crippen MR) is 148 cm³/mol. The second kappa shape index (κ2) is 9.46. The number of thiophene rings is 1. The Kier molecular flexibility index (Phi) is 5.96. The van der Waals surface area contributed by atoms with Crippen LogP contribution in [0.15, 0.2) is 55.0 Å². The lowest BCUT2D eigenvalue weighted by Gasteiger charge is -2.09. The minimum Gasteiger partial charge on any atom is -0.335 e. The van der Waals surface area contributed by atoms with Gasteiger partial charge in [0.05, 0.1) is 22.9 Å². The molecule has 3 N–H and O–H groups in total. The number of nitrogens with one attached hydrogen (secondary N) is 3. The van der Waals surface area contributed by atoms with Crippen LogP contribution in [-0.4, -0.2) is 36.0 Å². The van der Waals surface area contributed by atoms with Crippen molar-refractivity contribution in [2.24, 2.45) is 5.92 Å². The predicted octanol–water partition coefficient (Wildman–Crippen LogP) is 6.72. The quantitative estimate of drug-likeness (QED) is 0.223. The smallest absolute Gasteiger partial charge is 0.224 e. The minimum absolute atomic E-state index is 0.109. The molecule has 0 atom stereocenters. The molecule has 0 aliphatic rings. The van der Waals surface area contributed by atoms with Gasteiger partial charge in [0.1, 0.15) is 11.5 Å². The van der Waals surface area contributed by atoms with Gasteiger partial charge in [-0.2, -0.15) is 5.10 Å². The second-order valence-electron chi connectivity index (χ2n) is 9.61. The van der Waals surface area contributed by atoms with Crippen molar-refractivity contribution in [3.63, 3.8) is 0 Å². The molecule has 38 heavy (non-hydrogen) atoms. The molecule has 0 spiro atoms. The summed E-state index contributed by atoms with van der Waals surface area (Å²) in [5, 5.41) is 10.9. The van der Waals surface area contributed by atoms with Crippen molar-refractivity contribution < 1.29 is 9.18 Å². The molecule has 0 radical (unpaired) electrons. The average Bonchev–Trinajstić information content (AvgIpc) is 3.60. The zero-order valence-corrected chi connectivity index (χ0v) is 21.8. The monoisotopic (exact) mass is 525 g/mol. The highest BCUT2D eigenvalue weighted by Gasteiger charge is 2.19. The highest BCUT2D eigenvalue weighted by Crippen LogP contribution is 2.35. The lowest BCUT2D eigenvalue weighted by Crippen LogP contribution is -2.14. The van der Waals surface area contributed by atoms with E-state index >= 15 is 4.39 Å². The first-order valence-electron chi connectivity index (χ1n) is 12.2. The van der Waals surface area contributed by atoms with E-state index in [0.29, 0.717) is 51.3 Å². The summed E-state index contributed by atoms with van der Waals surface area (Å²) in [6, 6.07) is 11.0. The van der Waals surface area contributed by atoms with Gasteiger partial charge in [-0.05, 0) is 43.2 Å². The first kappa shape index (κ1) is 23.9. The molecule has 1 amide bonds. The molecule has 8 nitrogen and oxygen atoms in total. The first-order chi connectivity index (χ1) is 18.4. The summed E-state index contributed by atoms with van der Waals surface area (Å²) in [6.45, 7) is 6.02. The number of amides is 1. The van der Waals surface area contributed by atoms with E-state index < -0.39 is 5.82 Å². The number of carbonyl (C=O) groups excluding carboxylic acids is 1. The molecule has 0 fully saturated rings. The zero-order valence-electron chi connectivity index (χ0n) is 21.0. The number of hydrogen-bond donors (Lipinski definition) is 3. The van der Waals surface area contributed by atoms with Crippen LogP contribution in [0, 0.1) is 18.7 Å². The van der Waals surface area contributed by atoms with E-state index in [1.54, 1.807) is 42.1 Å². The fourth-order valence-electron chi connectivity index (χ4n) is 4.49. The molecule has 5 aromatic heterocycles. The normalized spacial score (nSPS) is 11.6. The SMILES string of the molecule is Cc1ccc(-c2ccnc3nc(-c4n[nH]c5cc(F)c(-c6cncc(NC(=O)CC(C)C)c6)cc45)[nH]c23)s1. The number of imidazole rings is 1. The van der Waals surface area contributed by atoms with E-state index in [-0.39, 0.29) is 11.8 Å². The summed E-state index contributed by atoms with van der Waals surface area (Å²) in [7, 11) is 0. The fourth-order valence-corrected chi connectivity index (χ4v) is 5.39. The maximum absolute atomic E-state index is 15.2. The van der Waals surface area contributed by atoms with Gasteiger partial charge in [-0.25, -0.2) is 14.4 Å². The molecule has 0 saturated heterocycles. The van der Waals surface area contributed by atoms with E-state index in [9.17, 15) is 4.79 Å². The number of pyridine rings is 2. The van der Waals surface area contributed by atoms with E-state index in [1.165, 1.54) is 10.9 Å². The number of anilines is 1. The number of halogens is 1. The Hall–Kier alpha value is -4.44. The van der Waals surface area contributed by atoms with Gasteiger partial charge in [0.2, 0.25) is 5.91 Å². The summed E-state index contributed by atoms with van der Waals surface area (Å²) < 4.78 is 15.2. The topological polar surface area (TPSA) is 112 Å². The molecule has 0 aliphatic carbocycles. The van der Waals surface area contributed by atoms with Crippen LogP contribution < -0.4 is 5.32 Å². The molecule has 0 saturated carbocycles. The summed E-state index contributed by atoms with van der Waals surface area (Å²) in [4.78, 5) is 31.3. The van der Waals surface area contributed by atoms with E-state index in [0.717, 1.165) is 16.0 Å². The molecule has 0 unspecified atom stereocenters. The number of rotatable bonds is 6. The highest BCUT2D eigenvalue weighted by molar-refractivity contribution is 7.15. The maximum atomic E-state index is 15.2. The number of fused-ring (bicyclic) bond motifs is 2. The molecule has 0 bridgehead atoms. The van der Waals surface area contributed by atoms with Crippen LogP contribution in [-0.2, 0) is 4.79 Å². The van der Waals surface area contributed by atoms with Gasteiger partial charge in [-0.15, -0.1) is 11.3 Å². The number of H-pyrrole nitrogens is 2. The van der Waals surface area contributed by atoms with Crippen molar-refractivity contribution in [1.29, 1.82) is 0 Å². The van der Waals surface area contributed by atoms with Crippen molar-refractivity contribution >= 4 is 45.0 Å². The minimum atomic E-state index is -0.429. The third kappa shape index (κ3) is 4.43. The van der Waals surface area contributed by atoms with Gasteiger partial charge in [0, 0.05) is 56.7 Å². The molecule has 0 aliphatic heterocycles. The van der Waals surface area contributed by atoms with E-state index in [2.05, 4.69) is 49.5 Å². The Morgan fingerprint density at radius 1 is 1.13 bits per heavy atom.